The molecule has 7 N–H and O–H groups in total. The number of ether oxygens (including phenoxy) is 1. The number of alkyl halides is 3. The Labute approximate surface area is 179 Å². The van der Waals surface area contributed by atoms with Crippen molar-refractivity contribution in [3.63, 3.8) is 0 Å². The highest BCUT2D eigenvalue weighted by atomic mass is 19.4. The van der Waals surface area contributed by atoms with Crippen LogP contribution in [-0.4, -0.2) is 85.9 Å². The van der Waals surface area contributed by atoms with Gasteiger partial charge in [-0.05, 0) is 19.1 Å². The second-order valence-electron chi connectivity index (χ2n) is 7.90. The summed E-state index contributed by atoms with van der Waals surface area (Å²) in [6.45, 7) is 0.319. The third-order valence-corrected chi connectivity index (χ3v) is 6.18. The minimum absolute atomic E-state index is 0.209. The predicted molar refractivity (Wildman–Crippen MR) is 102 cm³/mol. The molecule has 14 heteroatoms. The zero-order valence-electron chi connectivity index (χ0n) is 16.7. The van der Waals surface area contributed by atoms with Gasteiger partial charge in [0.1, 0.15) is 17.7 Å². The first-order valence-corrected chi connectivity index (χ1v) is 9.51. The zero-order valence-corrected chi connectivity index (χ0v) is 16.7. The van der Waals surface area contributed by atoms with E-state index in [1.807, 2.05) is 0 Å². The predicted octanol–water partition coefficient (Wildman–Crippen LogP) is -0.929. The molecule has 3 heterocycles. The molecule has 0 saturated carbocycles. The van der Waals surface area contributed by atoms with Crippen LogP contribution in [-0.2, 0) is 10.9 Å². The molecule has 3 aliphatic heterocycles. The molecule has 1 aromatic carbocycles. The van der Waals surface area contributed by atoms with Gasteiger partial charge in [0.15, 0.2) is 12.1 Å². The SMILES string of the molecule is CC1(O)C(OC(=O)c2ccccc2C(F)(F)F)CN2C(N)=NC(CO)C3N=C(N)N(O)C321. The minimum atomic E-state index is -4.81. The number of aliphatic hydroxyl groups is 2. The van der Waals surface area contributed by atoms with Gasteiger partial charge >= 0.3 is 12.1 Å². The smallest absolute Gasteiger partial charge is 0.417 e. The summed E-state index contributed by atoms with van der Waals surface area (Å²) in [6.07, 6.45) is -6.28. The van der Waals surface area contributed by atoms with Crippen molar-refractivity contribution < 1.29 is 38.1 Å². The van der Waals surface area contributed by atoms with Crippen LogP contribution in [0.5, 0.6) is 0 Å². The monoisotopic (exact) mass is 458 g/mol. The topological polar surface area (TPSA) is 170 Å². The van der Waals surface area contributed by atoms with Crippen LogP contribution in [0.15, 0.2) is 34.3 Å². The van der Waals surface area contributed by atoms with Crippen molar-refractivity contribution in [3.8, 4) is 0 Å². The molecule has 0 aliphatic carbocycles. The number of esters is 1. The number of carbonyl (C=O) groups excluding carboxylic acids is 1. The number of hydrogen-bond acceptors (Lipinski definition) is 11. The Bertz CT molecular complexity index is 1020. The summed E-state index contributed by atoms with van der Waals surface area (Å²) in [4.78, 5) is 22.1. The Kier molecular flexibility index (Phi) is 4.80. The minimum Gasteiger partial charge on any atom is -0.454 e. The van der Waals surface area contributed by atoms with Crippen molar-refractivity contribution in [2.24, 2.45) is 21.5 Å². The summed E-state index contributed by atoms with van der Waals surface area (Å²) in [5.41, 5.74) is 5.73. The molecule has 4 rings (SSSR count). The number of aliphatic hydroxyl groups excluding tert-OH is 1. The molecule has 0 amide bonds. The molecule has 0 aromatic heterocycles. The van der Waals surface area contributed by atoms with E-state index in [2.05, 4.69) is 9.98 Å². The van der Waals surface area contributed by atoms with Crippen molar-refractivity contribution in [2.75, 3.05) is 13.2 Å². The highest BCUT2D eigenvalue weighted by Crippen LogP contribution is 2.50. The van der Waals surface area contributed by atoms with Gasteiger partial charge in [-0.1, -0.05) is 12.1 Å². The van der Waals surface area contributed by atoms with Gasteiger partial charge in [0.2, 0.25) is 11.6 Å². The van der Waals surface area contributed by atoms with Gasteiger partial charge in [0.05, 0.1) is 24.3 Å². The largest absolute Gasteiger partial charge is 0.454 e. The summed E-state index contributed by atoms with van der Waals surface area (Å²) in [7, 11) is 0. The number of benzene rings is 1. The number of nitrogens with zero attached hydrogens (tertiary/aromatic N) is 4. The molecule has 1 saturated heterocycles. The molecular formula is C18H21F3N6O5. The fourth-order valence-corrected chi connectivity index (χ4v) is 4.69. The van der Waals surface area contributed by atoms with Crippen molar-refractivity contribution in [2.45, 2.75) is 42.6 Å². The average Bonchev–Trinajstić information content (AvgIpc) is 3.13. The second kappa shape index (κ2) is 6.95. The van der Waals surface area contributed by atoms with Gasteiger partial charge in [0.25, 0.3) is 0 Å². The Morgan fingerprint density at radius 1 is 1.28 bits per heavy atom. The van der Waals surface area contributed by atoms with Crippen LogP contribution in [0.25, 0.3) is 0 Å². The maximum atomic E-state index is 13.3. The van der Waals surface area contributed by atoms with Crippen molar-refractivity contribution in [3.05, 3.63) is 35.4 Å². The van der Waals surface area contributed by atoms with E-state index in [1.165, 1.54) is 17.9 Å². The third kappa shape index (κ3) is 2.76. The Morgan fingerprint density at radius 2 is 1.94 bits per heavy atom. The maximum absolute atomic E-state index is 13.3. The Balaban J connectivity index is 1.73. The molecule has 174 valence electrons. The second-order valence-corrected chi connectivity index (χ2v) is 7.90. The van der Waals surface area contributed by atoms with E-state index in [9.17, 15) is 33.4 Å². The average molecular weight is 458 g/mol. The number of carbonyl (C=O) groups is 1. The Hall–Kier alpha value is -3.10. The van der Waals surface area contributed by atoms with Crippen LogP contribution in [0, 0.1) is 0 Å². The van der Waals surface area contributed by atoms with Crippen molar-refractivity contribution in [1.29, 1.82) is 0 Å². The summed E-state index contributed by atoms with van der Waals surface area (Å²) in [6, 6.07) is 1.95. The first-order valence-electron chi connectivity index (χ1n) is 9.51. The highest BCUT2D eigenvalue weighted by molar-refractivity contribution is 5.92. The number of aliphatic imine (C=N–C) groups is 2. The van der Waals surface area contributed by atoms with Gasteiger partial charge in [0, 0.05) is 0 Å². The van der Waals surface area contributed by atoms with E-state index in [0.717, 1.165) is 18.2 Å². The fourth-order valence-electron chi connectivity index (χ4n) is 4.69. The van der Waals surface area contributed by atoms with Gasteiger partial charge in [-0.2, -0.15) is 18.2 Å². The van der Waals surface area contributed by atoms with Gasteiger partial charge in [-0.25, -0.2) is 14.8 Å². The van der Waals surface area contributed by atoms with E-state index >= 15 is 0 Å². The number of guanidine groups is 2. The lowest BCUT2D eigenvalue weighted by molar-refractivity contribution is -0.228. The summed E-state index contributed by atoms with van der Waals surface area (Å²) >= 11 is 0. The standard InChI is InChI=1S/C18H21F3N6O5/c1-16(30)11(32-13(29)8-4-2-3-5-9(8)18(19,20)21)6-26-14(22)24-10(7-28)12-17(16,26)27(31)15(23)25-12/h2-5,10-12,28,30-31H,6-7H2,1H3,(H2,22,24)(H2,23,25). The van der Waals surface area contributed by atoms with E-state index in [1.54, 1.807) is 0 Å². The van der Waals surface area contributed by atoms with Crippen LogP contribution < -0.4 is 11.5 Å². The summed E-state index contributed by atoms with van der Waals surface area (Å²) < 4.78 is 45.3. The molecular weight excluding hydrogens is 437 g/mol. The summed E-state index contributed by atoms with van der Waals surface area (Å²) in [5, 5.41) is 32.4. The van der Waals surface area contributed by atoms with Crippen LogP contribution in [0.1, 0.15) is 22.8 Å². The lowest BCUT2D eigenvalue weighted by atomic mass is 9.79. The fraction of sp³-hybridized carbons (Fsp3) is 0.500. The molecule has 0 bridgehead atoms. The van der Waals surface area contributed by atoms with Crippen molar-refractivity contribution in [1.82, 2.24) is 9.96 Å². The molecule has 1 spiro atoms. The van der Waals surface area contributed by atoms with Crippen LogP contribution in [0.3, 0.4) is 0 Å². The number of hydroxylamine groups is 2. The molecule has 1 fully saturated rings. The molecule has 0 radical (unpaired) electrons. The highest BCUT2D eigenvalue weighted by Gasteiger charge is 2.75. The van der Waals surface area contributed by atoms with Crippen molar-refractivity contribution >= 4 is 17.9 Å². The lowest BCUT2D eigenvalue weighted by Gasteiger charge is -2.51. The molecule has 5 atom stereocenters. The third-order valence-electron chi connectivity index (χ3n) is 6.18. The van der Waals surface area contributed by atoms with Gasteiger partial charge < -0.3 is 31.3 Å². The van der Waals surface area contributed by atoms with E-state index in [4.69, 9.17) is 16.2 Å². The molecule has 1 aromatic rings. The van der Waals surface area contributed by atoms with Gasteiger partial charge in [-0.3, -0.25) is 5.21 Å². The van der Waals surface area contributed by atoms with E-state index in [0.29, 0.717) is 5.06 Å². The Morgan fingerprint density at radius 3 is 2.56 bits per heavy atom. The number of hydrogen-bond donors (Lipinski definition) is 5. The number of rotatable bonds is 3. The van der Waals surface area contributed by atoms with Gasteiger partial charge in [-0.15, -0.1) is 0 Å². The van der Waals surface area contributed by atoms with Crippen LogP contribution in [0.2, 0.25) is 0 Å². The van der Waals surface area contributed by atoms with Crippen LogP contribution >= 0.6 is 0 Å². The number of nitrogens with two attached hydrogens (primary N) is 2. The zero-order chi connectivity index (χ0) is 23.6. The lowest BCUT2D eigenvalue weighted by Crippen LogP contribution is -2.76. The quantitative estimate of drug-likeness (QED) is 0.359. The summed E-state index contributed by atoms with van der Waals surface area (Å²) in [5.74, 6) is -1.95. The van der Waals surface area contributed by atoms with Crippen LogP contribution in [0.4, 0.5) is 13.2 Å². The number of halogens is 3. The molecule has 11 nitrogen and oxygen atoms in total. The normalized spacial score (nSPS) is 34.0. The first kappa shape index (κ1) is 22.1. The molecule has 5 unspecified atom stereocenters. The van der Waals surface area contributed by atoms with E-state index < -0.39 is 65.3 Å². The van der Waals surface area contributed by atoms with E-state index in [-0.39, 0.29) is 12.5 Å². The molecule has 32 heavy (non-hydrogen) atoms. The first-order chi connectivity index (χ1) is 14.9. The maximum Gasteiger partial charge on any atom is 0.417 e. The molecule has 3 aliphatic rings.